The first kappa shape index (κ1) is 22.8. The van der Waals surface area contributed by atoms with E-state index in [0.29, 0.717) is 24.2 Å². The molecule has 1 aromatic rings. The van der Waals surface area contributed by atoms with Gasteiger partial charge in [0, 0.05) is 44.8 Å². The topological polar surface area (TPSA) is 84.3 Å². The number of hydrogen-bond acceptors (Lipinski definition) is 5. The highest BCUT2D eigenvalue weighted by Gasteiger charge is 2.15. The maximum Gasteiger partial charge on any atom is 0.191 e. The molecule has 148 valence electrons. The van der Waals surface area contributed by atoms with Gasteiger partial charge in [-0.15, -0.1) is 24.0 Å². The molecule has 8 heteroatoms. The van der Waals surface area contributed by atoms with Gasteiger partial charge in [-0.25, -0.2) is 0 Å². The van der Waals surface area contributed by atoms with Crippen LogP contribution in [-0.4, -0.2) is 58.2 Å². The molecule has 1 heterocycles. The molecule has 0 saturated carbocycles. The van der Waals surface area contributed by atoms with Crippen LogP contribution in [0.15, 0.2) is 23.2 Å². The minimum Gasteiger partial charge on any atom is -0.508 e. The predicted octanol–water partition coefficient (Wildman–Crippen LogP) is 2.13. The van der Waals surface area contributed by atoms with Gasteiger partial charge < -0.3 is 30.0 Å². The molecule has 1 atom stereocenters. The van der Waals surface area contributed by atoms with Gasteiger partial charge in [-0.1, -0.05) is 0 Å². The van der Waals surface area contributed by atoms with Crippen LogP contribution in [0.1, 0.15) is 18.4 Å². The average Bonchev–Trinajstić information content (AvgIpc) is 3.15. The molecule has 2 rings (SSSR count). The van der Waals surface area contributed by atoms with Crippen LogP contribution in [0.4, 0.5) is 0 Å². The van der Waals surface area contributed by atoms with E-state index in [0.717, 1.165) is 51.4 Å². The van der Waals surface area contributed by atoms with Crippen molar-refractivity contribution in [2.75, 3.05) is 47.1 Å². The molecule has 1 aliphatic heterocycles. The lowest BCUT2D eigenvalue weighted by Crippen LogP contribution is -2.37. The summed E-state index contributed by atoms with van der Waals surface area (Å²) in [5.74, 6) is 2.18. The van der Waals surface area contributed by atoms with Gasteiger partial charge in [0.1, 0.15) is 11.5 Å². The molecule has 1 unspecified atom stereocenters. The van der Waals surface area contributed by atoms with Crippen molar-refractivity contribution in [3.05, 3.63) is 23.8 Å². The quantitative estimate of drug-likeness (QED) is 0.218. The Bertz CT molecular complexity index is 551. The lowest BCUT2D eigenvalue weighted by molar-refractivity contribution is 0.0888. The first-order valence-corrected chi connectivity index (χ1v) is 8.68. The molecule has 26 heavy (non-hydrogen) atoms. The number of nitrogens with zero attached hydrogens (tertiary/aromatic N) is 1. The predicted molar refractivity (Wildman–Crippen MR) is 113 cm³/mol. The number of methoxy groups -OCH3 is 1. The lowest BCUT2D eigenvalue weighted by Gasteiger charge is -2.14. The van der Waals surface area contributed by atoms with E-state index >= 15 is 0 Å². The van der Waals surface area contributed by atoms with Crippen LogP contribution in [0.25, 0.3) is 0 Å². The summed E-state index contributed by atoms with van der Waals surface area (Å²) >= 11 is 0. The minimum atomic E-state index is 0. The molecule has 0 amide bonds. The van der Waals surface area contributed by atoms with Crippen molar-refractivity contribution in [2.45, 2.75) is 19.4 Å². The Morgan fingerprint density at radius 2 is 2.23 bits per heavy atom. The molecule has 1 aromatic carbocycles. The molecule has 0 bridgehead atoms. The van der Waals surface area contributed by atoms with Crippen molar-refractivity contribution in [1.82, 2.24) is 10.6 Å². The fourth-order valence-electron chi connectivity index (χ4n) is 2.58. The Morgan fingerprint density at radius 3 is 2.92 bits per heavy atom. The number of halogens is 1. The summed E-state index contributed by atoms with van der Waals surface area (Å²) in [6.45, 7) is 4.41. The highest BCUT2D eigenvalue weighted by atomic mass is 127. The fraction of sp³-hybridized carbons (Fsp3) is 0.611. The van der Waals surface area contributed by atoms with E-state index in [1.807, 2.05) is 0 Å². The molecule has 0 aliphatic carbocycles. The van der Waals surface area contributed by atoms with Crippen LogP contribution in [0.2, 0.25) is 0 Å². The first-order chi connectivity index (χ1) is 12.2. The Kier molecular flexibility index (Phi) is 11.4. The molecule has 1 aliphatic rings. The number of nitrogens with one attached hydrogen (secondary N) is 2. The van der Waals surface area contributed by atoms with Crippen molar-refractivity contribution in [2.24, 2.45) is 10.9 Å². The molecule has 0 radical (unpaired) electrons. The average molecular weight is 479 g/mol. The summed E-state index contributed by atoms with van der Waals surface area (Å²) in [5.41, 5.74) is 0.754. The number of guanidine groups is 1. The highest BCUT2D eigenvalue weighted by Crippen LogP contribution is 2.22. The number of aromatic hydroxyl groups is 1. The van der Waals surface area contributed by atoms with E-state index in [1.54, 1.807) is 32.4 Å². The molecule has 0 spiro atoms. The third-order valence-corrected chi connectivity index (χ3v) is 4.09. The summed E-state index contributed by atoms with van der Waals surface area (Å²) in [6.07, 6.45) is 2.00. The maximum atomic E-state index is 9.90. The van der Waals surface area contributed by atoms with Gasteiger partial charge in [0.25, 0.3) is 0 Å². The van der Waals surface area contributed by atoms with E-state index < -0.39 is 0 Å². The van der Waals surface area contributed by atoms with Crippen molar-refractivity contribution in [3.8, 4) is 11.5 Å². The minimum absolute atomic E-state index is 0. The lowest BCUT2D eigenvalue weighted by atomic mass is 10.1. The molecule has 0 aromatic heterocycles. The largest absolute Gasteiger partial charge is 0.508 e. The van der Waals surface area contributed by atoms with E-state index in [4.69, 9.17) is 14.2 Å². The zero-order valence-corrected chi connectivity index (χ0v) is 17.8. The summed E-state index contributed by atoms with van der Waals surface area (Å²) in [5, 5.41) is 16.3. The van der Waals surface area contributed by atoms with Crippen molar-refractivity contribution >= 4 is 29.9 Å². The zero-order valence-electron chi connectivity index (χ0n) is 15.5. The van der Waals surface area contributed by atoms with Gasteiger partial charge in [-0.05, 0) is 31.0 Å². The number of hydrogen-bond donors (Lipinski definition) is 3. The Balaban J connectivity index is 0.00000338. The van der Waals surface area contributed by atoms with Crippen LogP contribution < -0.4 is 15.4 Å². The Morgan fingerprint density at radius 1 is 1.38 bits per heavy atom. The normalized spacial score (nSPS) is 16.8. The van der Waals surface area contributed by atoms with Crippen molar-refractivity contribution in [1.29, 1.82) is 0 Å². The van der Waals surface area contributed by atoms with Crippen LogP contribution in [0, 0.1) is 5.92 Å². The second kappa shape index (κ2) is 13.0. The smallest absolute Gasteiger partial charge is 0.191 e. The fourth-order valence-corrected chi connectivity index (χ4v) is 2.58. The summed E-state index contributed by atoms with van der Waals surface area (Å²) in [4.78, 5) is 4.18. The molecular formula is C18H30IN3O4. The molecular weight excluding hydrogens is 449 g/mol. The summed E-state index contributed by atoms with van der Waals surface area (Å²) in [6, 6.07) is 5.15. The molecule has 1 fully saturated rings. The van der Waals surface area contributed by atoms with Crippen molar-refractivity contribution < 1.29 is 19.3 Å². The number of rotatable bonds is 9. The molecule has 7 nitrogen and oxygen atoms in total. The Labute approximate surface area is 172 Å². The van der Waals surface area contributed by atoms with Gasteiger partial charge in [0.05, 0.1) is 20.3 Å². The summed E-state index contributed by atoms with van der Waals surface area (Å²) in [7, 11) is 3.32. The number of benzene rings is 1. The van der Waals surface area contributed by atoms with E-state index in [1.165, 1.54) is 0 Å². The zero-order chi connectivity index (χ0) is 17.9. The van der Waals surface area contributed by atoms with Crippen LogP contribution in [0.3, 0.4) is 0 Å². The third-order valence-electron chi connectivity index (χ3n) is 4.09. The van der Waals surface area contributed by atoms with Crippen LogP contribution in [0.5, 0.6) is 11.5 Å². The van der Waals surface area contributed by atoms with E-state index in [-0.39, 0.29) is 29.7 Å². The number of aliphatic imine (C=N–C) groups is 1. The monoisotopic (exact) mass is 479 g/mol. The maximum absolute atomic E-state index is 9.90. The first-order valence-electron chi connectivity index (χ1n) is 8.68. The highest BCUT2D eigenvalue weighted by molar-refractivity contribution is 14.0. The number of phenols is 1. The second-order valence-corrected chi connectivity index (χ2v) is 6.01. The van der Waals surface area contributed by atoms with Gasteiger partial charge in [0.2, 0.25) is 0 Å². The number of phenolic OH excluding ortho intramolecular Hbond substituents is 1. The third kappa shape index (κ3) is 7.96. The van der Waals surface area contributed by atoms with Crippen LogP contribution >= 0.6 is 24.0 Å². The molecule has 1 saturated heterocycles. The summed E-state index contributed by atoms with van der Waals surface area (Å²) < 4.78 is 16.2. The number of ether oxygens (including phenoxy) is 3. The molecule has 3 N–H and O–H groups in total. The van der Waals surface area contributed by atoms with Gasteiger partial charge in [0.15, 0.2) is 5.96 Å². The Hall–Kier alpha value is -1.26. The van der Waals surface area contributed by atoms with Gasteiger partial charge in [-0.3, -0.25) is 4.99 Å². The van der Waals surface area contributed by atoms with Gasteiger partial charge >= 0.3 is 0 Å². The van der Waals surface area contributed by atoms with E-state index in [2.05, 4.69) is 15.6 Å². The van der Waals surface area contributed by atoms with Crippen molar-refractivity contribution in [3.63, 3.8) is 0 Å². The SMILES string of the molecule is CN=C(NCCCOCC1CCOC1)NCc1cc(OC)ccc1O.I. The van der Waals surface area contributed by atoms with Crippen LogP contribution in [-0.2, 0) is 16.0 Å². The second-order valence-electron chi connectivity index (χ2n) is 6.01. The van der Waals surface area contributed by atoms with E-state index in [9.17, 15) is 5.11 Å². The van der Waals surface area contributed by atoms with Gasteiger partial charge in [-0.2, -0.15) is 0 Å². The standard InChI is InChI=1S/C18H29N3O4.HI/c1-19-18(20-7-3-8-24-12-14-6-9-25-13-14)21-11-15-10-16(23-2)4-5-17(15)22;/h4-5,10,14,22H,3,6-9,11-13H2,1-2H3,(H2,19,20,21);1H.